The lowest BCUT2D eigenvalue weighted by molar-refractivity contribution is -0.203. The van der Waals surface area contributed by atoms with Gasteiger partial charge in [-0.3, -0.25) is 9.59 Å². The maximum Gasteiger partial charge on any atom is 0.336 e. The Morgan fingerprint density at radius 2 is 1.17 bits per heavy atom. The van der Waals surface area contributed by atoms with Crippen molar-refractivity contribution in [3.8, 4) is 22.6 Å². The van der Waals surface area contributed by atoms with Gasteiger partial charge in [-0.15, -0.1) is 0 Å². The van der Waals surface area contributed by atoms with Gasteiger partial charge in [0.1, 0.15) is 11.6 Å². The monoisotopic (exact) mass is 560 g/mol. The number of ketones is 2. The van der Waals surface area contributed by atoms with Crippen LogP contribution in [0.15, 0.2) is 97.1 Å². The molecule has 0 amide bonds. The molecule has 6 heteroatoms. The quantitative estimate of drug-likeness (QED) is 0.167. The molecule has 0 N–H and O–H groups in total. The smallest absolute Gasteiger partial charge is 0.336 e. The Hall–Kier alpha value is -4.05. The molecule has 1 heterocycles. The second-order valence-corrected chi connectivity index (χ2v) is 13.2. The molecule has 0 spiro atoms. The molecule has 0 radical (unpaired) electrons. The summed E-state index contributed by atoms with van der Waals surface area (Å²) in [4.78, 5) is 40.5. The van der Waals surface area contributed by atoms with Crippen molar-refractivity contribution in [1.29, 1.82) is 0 Å². The third-order valence-electron chi connectivity index (χ3n) is 8.57. The molecule has 5 aromatic carbocycles. The fourth-order valence-corrected chi connectivity index (χ4v) is 8.14. The van der Waals surface area contributed by atoms with Crippen LogP contribution in [0.25, 0.3) is 32.7 Å². The number of Topliss-reactive ketones (excluding diaryl/α,β-unsaturated/α-hetero) is 2. The van der Waals surface area contributed by atoms with E-state index in [1.54, 1.807) is 6.92 Å². The molecule has 5 nitrogen and oxygen atoms in total. The Morgan fingerprint density at radius 1 is 0.683 bits per heavy atom. The first kappa shape index (κ1) is 25.9. The molecule has 0 saturated heterocycles. The van der Waals surface area contributed by atoms with Gasteiger partial charge < -0.3 is 13.9 Å². The van der Waals surface area contributed by atoms with Crippen LogP contribution in [0.1, 0.15) is 37.3 Å². The Labute approximate surface area is 239 Å². The zero-order valence-electron chi connectivity index (χ0n) is 22.8. The number of benzene rings is 5. The number of carbonyl (C=O) groups excluding carboxylic acids is 2. The second kappa shape index (κ2) is 9.80. The molecule has 204 valence electrons. The lowest BCUT2D eigenvalue weighted by atomic mass is 9.69. The Balaban J connectivity index is 1.36. The van der Waals surface area contributed by atoms with Gasteiger partial charge in [0, 0.05) is 24.0 Å². The molecule has 1 fully saturated rings. The highest BCUT2D eigenvalue weighted by Gasteiger charge is 2.44. The Kier molecular flexibility index (Phi) is 6.19. The highest BCUT2D eigenvalue weighted by atomic mass is 31.2. The Bertz CT molecular complexity index is 1760. The molecule has 5 aromatic rings. The summed E-state index contributed by atoms with van der Waals surface area (Å²) in [5, 5.41) is 4.07. The average molecular weight is 561 g/mol. The van der Waals surface area contributed by atoms with E-state index in [1.807, 2.05) is 84.9 Å². The maximum atomic E-state index is 14.7. The van der Waals surface area contributed by atoms with Crippen molar-refractivity contribution in [3.05, 3.63) is 108 Å². The predicted octanol–water partition coefficient (Wildman–Crippen LogP) is 7.63. The molecule has 0 atom stereocenters. The zero-order valence-corrected chi connectivity index (χ0v) is 23.7. The van der Waals surface area contributed by atoms with Crippen molar-refractivity contribution in [2.45, 2.75) is 38.8 Å². The van der Waals surface area contributed by atoms with Gasteiger partial charge in [-0.05, 0) is 64.6 Å². The minimum atomic E-state index is -3.80. The number of hydrogen-bond donors (Lipinski definition) is 0. The van der Waals surface area contributed by atoms with Crippen LogP contribution in [-0.4, -0.2) is 11.6 Å². The first-order chi connectivity index (χ1) is 19.8. The van der Waals surface area contributed by atoms with Crippen LogP contribution in [-0.2, 0) is 22.2 Å². The SMILES string of the molecule is CC1(Cc2ccccc2C[P+]2([O-])Oc3ccc4ccccc4c3-c3c(ccc4ccccc34)O2)C(=O)CCCC1=O. The van der Waals surface area contributed by atoms with Crippen LogP contribution in [0.3, 0.4) is 0 Å². The minimum Gasteiger partial charge on any atom is -0.616 e. The zero-order chi connectivity index (χ0) is 28.2. The van der Waals surface area contributed by atoms with Gasteiger partial charge >= 0.3 is 7.94 Å². The number of rotatable bonds is 4. The van der Waals surface area contributed by atoms with E-state index in [2.05, 4.69) is 12.1 Å². The van der Waals surface area contributed by atoms with E-state index in [0.29, 0.717) is 30.8 Å². The van der Waals surface area contributed by atoms with Crippen molar-refractivity contribution < 1.29 is 23.5 Å². The fraction of sp³-hybridized carbons (Fsp3) is 0.200. The molecule has 1 saturated carbocycles. The minimum absolute atomic E-state index is 0.000167. The average Bonchev–Trinajstić information content (AvgIpc) is 3.10. The van der Waals surface area contributed by atoms with Gasteiger partial charge in [0.25, 0.3) is 0 Å². The molecule has 1 aliphatic heterocycles. The van der Waals surface area contributed by atoms with E-state index in [4.69, 9.17) is 9.05 Å². The third-order valence-corrected chi connectivity index (χ3v) is 10.2. The normalized spacial score (nSPS) is 17.3. The molecule has 0 aromatic heterocycles. The molecule has 7 rings (SSSR count). The first-order valence-electron chi connectivity index (χ1n) is 14.0. The Morgan fingerprint density at radius 3 is 1.73 bits per heavy atom. The molecular formula is C35H29O5P. The van der Waals surface area contributed by atoms with Gasteiger partial charge in [0.2, 0.25) is 0 Å². The van der Waals surface area contributed by atoms with Crippen molar-refractivity contribution in [1.82, 2.24) is 0 Å². The van der Waals surface area contributed by atoms with Crippen molar-refractivity contribution >= 4 is 41.1 Å². The topological polar surface area (TPSA) is 75.7 Å². The molecule has 1 aliphatic carbocycles. The summed E-state index contributed by atoms with van der Waals surface area (Å²) >= 11 is 0. The van der Waals surface area contributed by atoms with Gasteiger partial charge in [0.05, 0.1) is 5.41 Å². The van der Waals surface area contributed by atoms with Crippen molar-refractivity contribution in [2.75, 3.05) is 0 Å². The van der Waals surface area contributed by atoms with E-state index < -0.39 is 13.4 Å². The first-order valence-corrected chi connectivity index (χ1v) is 15.7. The lowest BCUT2D eigenvalue weighted by Gasteiger charge is -2.32. The lowest BCUT2D eigenvalue weighted by Crippen LogP contribution is -2.41. The van der Waals surface area contributed by atoms with E-state index >= 15 is 0 Å². The summed E-state index contributed by atoms with van der Waals surface area (Å²) in [6, 6.07) is 31.4. The largest absolute Gasteiger partial charge is 0.616 e. The summed E-state index contributed by atoms with van der Waals surface area (Å²) in [5.41, 5.74) is 2.18. The molecule has 0 unspecified atom stereocenters. The maximum absolute atomic E-state index is 14.7. The van der Waals surface area contributed by atoms with Crippen molar-refractivity contribution in [2.24, 2.45) is 5.41 Å². The molecule has 41 heavy (non-hydrogen) atoms. The standard InChI is InChI=1S/C35H29O5P/c1-35(31(36)15-8-16-32(35)37)21-25-11-2-3-12-26(25)22-41(38)39-29-19-17-23-9-4-6-13-27(23)33(29)34-28-14-7-5-10-24(28)18-20-30(34)40-41/h2-7,9-14,17-20H,8,15-16,21-22H2,1H3. The summed E-state index contributed by atoms with van der Waals surface area (Å²) < 4.78 is 12.8. The van der Waals surface area contributed by atoms with E-state index in [0.717, 1.165) is 43.8 Å². The van der Waals surface area contributed by atoms with Crippen LogP contribution in [0.5, 0.6) is 11.5 Å². The summed E-state index contributed by atoms with van der Waals surface area (Å²) in [6.45, 7) is 1.75. The van der Waals surface area contributed by atoms with Crippen LogP contribution >= 0.6 is 7.94 Å². The summed E-state index contributed by atoms with van der Waals surface area (Å²) in [6.07, 6.45) is 1.69. The molecule has 0 bridgehead atoms. The second-order valence-electron chi connectivity index (χ2n) is 11.2. The van der Waals surface area contributed by atoms with Crippen LogP contribution in [0, 0.1) is 5.41 Å². The summed E-state index contributed by atoms with van der Waals surface area (Å²) in [7, 11) is -3.80. The summed E-state index contributed by atoms with van der Waals surface area (Å²) in [5.74, 6) is 0.950. The molecule has 2 aliphatic rings. The van der Waals surface area contributed by atoms with E-state index in [9.17, 15) is 14.5 Å². The van der Waals surface area contributed by atoms with Gasteiger partial charge in [-0.25, -0.2) is 0 Å². The van der Waals surface area contributed by atoms with Gasteiger partial charge in [0.15, 0.2) is 17.7 Å². The third kappa shape index (κ3) is 4.41. The van der Waals surface area contributed by atoms with Gasteiger partial charge in [-0.2, -0.15) is 0 Å². The van der Waals surface area contributed by atoms with E-state index in [1.165, 1.54) is 0 Å². The van der Waals surface area contributed by atoms with E-state index in [-0.39, 0.29) is 24.1 Å². The highest BCUT2D eigenvalue weighted by Crippen LogP contribution is 2.62. The van der Waals surface area contributed by atoms with Crippen LogP contribution in [0.4, 0.5) is 0 Å². The van der Waals surface area contributed by atoms with Crippen LogP contribution in [0.2, 0.25) is 0 Å². The predicted molar refractivity (Wildman–Crippen MR) is 161 cm³/mol. The van der Waals surface area contributed by atoms with Crippen molar-refractivity contribution in [3.63, 3.8) is 0 Å². The fourth-order valence-electron chi connectivity index (χ4n) is 6.34. The van der Waals surface area contributed by atoms with Crippen LogP contribution < -0.4 is 13.9 Å². The molecular weight excluding hydrogens is 531 g/mol. The highest BCUT2D eigenvalue weighted by molar-refractivity contribution is 7.59. The number of hydrogen-bond acceptors (Lipinski definition) is 5. The van der Waals surface area contributed by atoms with Gasteiger partial charge in [-0.1, -0.05) is 84.9 Å². The number of carbonyl (C=O) groups is 2. The number of fused-ring (bicyclic) bond motifs is 7.